The van der Waals surface area contributed by atoms with Gasteiger partial charge in [-0.05, 0) is 41.7 Å². The Hall–Kier alpha value is -2.96. The number of nitrogens with zero attached hydrogens (tertiary/aromatic N) is 2. The van der Waals surface area contributed by atoms with Gasteiger partial charge in [0.2, 0.25) is 18.6 Å². The molecular formula is C24H32N2O5. The van der Waals surface area contributed by atoms with Gasteiger partial charge in [-0.15, -0.1) is 0 Å². The molecule has 0 bridgehead atoms. The average Bonchev–Trinajstić information content (AvgIpc) is 3.37. The third kappa shape index (κ3) is 6.51. The molecule has 31 heavy (non-hydrogen) atoms. The summed E-state index contributed by atoms with van der Waals surface area (Å²) in [6.07, 6.45) is 2.02. The largest absolute Gasteiger partial charge is 0.467 e. The van der Waals surface area contributed by atoms with Crippen molar-refractivity contribution in [2.45, 2.75) is 47.2 Å². The van der Waals surface area contributed by atoms with Crippen LogP contribution in [-0.4, -0.2) is 41.5 Å². The molecule has 0 radical (unpaired) electrons. The molecule has 0 saturated heterocycles. The molecule has 0 unspecified atom stereocenters. The molecule has 7 heteroatoms. The van der Waals surface area contributed by atoms with Gasteiger partial charge in [-0.2, -0.15) is 0 Å². The van der Waals surface area contributed by atoms with Crippen LogP contribution in [0.5, 0.6) is 11.5 Å². The van der Waals surface area contributed by atoms with E-state index in [9.17, 15) is 9.59 Å². The lowest BCUT2D eigenvalue weighted by molar-refractivity contribution is -0.142. The zero-order valence-electron chi connectivity index (χ0n) is 18.8. The van der Waals surface area contributed by atoms with Crippen LogP contribution in [0, 0.1) is 11.8 Å². The quantitative estimate of drug-likeness (QED) is 0.570. The monoisotopic (exact) mass is 428 g/mol. The van der Waals surface area contributed by atoms with E-state index in [2.05, 4.69) is 0 Å². The van der Waals surface area contributed by atoms with E-state index in [0.717, 1.165) is 5.56 Å². The topological polar surface area (TPSA) is 72.2 Å². The van der Waals surface area contributed by atoms with Crippen molar-refractivity contribution in [1.82, 2.24) is 9.80 Å². The summed E-state index contributed by atoms with van der Waals surface area (Å²) in [5, 5.41) is 0. The molecule has 1 aliphatic heterocycles. The molecule has 0 atom stereocenters. The molecule has 0 spiro atoms. The Kier molecular flexibility index (Phi) is 7.60. The van der Waals surface area contributed by atoms with Crippen molar-refractivity contribution < 1.29 is 23.5 Å². The Bertz CT molecular complexity index is 876. The van der Waals surface area contributed by atoms with E-state index in [0.29, 0.717) is 43.3 Å². The highest BCUT2D eigenvalue weighted by Crippen LogP contribution is 2.33. The van der Waals surface area contributed by atoms with Gasteiger partial charge in [0.1, 0.15) is 5.76 Å². The number of carbonyl (C=O) groups excluding carboxylic acids is 2. The Balaban J connectivity index is 1.76. The van der Waals surface area contributed by atoms with E-state index in [-0.39, 0.29) is 37.0 Å². The van der Waals surface area contributed by atoms with E-state index < -0.39 is 0 Å². The summed E-state index contributed by atoms with van der Waals surface area (Å²) in [6.45, 7) is 9.63. The van der Waals surface area contributed by atoms with Gasteiger partial charge in [-0.1, -0.05) is 33.8 Å². The molecule has 0 saturated carbocycles. The van der Waals surface area contributed by atoms with Crippen molar-refractivity contribution in [1.29, 1.82) is 0 Å². The lowest BCUT2D eigenvalue weighted by Crippen LogP contribution is -2.44. The van der Waals surface area contributed by atoms with E-state index in [4.69, 9.17) is 13.9 Å². The van der Waals surface area contributed by atoms with Crippen molar-refractivity contribution in [3.8, 4) is 11.5 Å². The van der Waals surface area contributed by atoms with E-state index in [1.54, 1.807) is 22.1 Å². The first kappa shape index (κ1) is 22.7. The summed E-state index contributed by atoms with van der Waals surface area (Å²) in [4.78, 5) is 29.5. The first-order valence-electron chi connectivity index (χ1n) is 10.8. The van der Waals surface area contributed by atoms with E-state index >= 15 is 0 Å². The molecule has 0 fully saturated rings. The lowest BCUT2D eigenvalue weighted by atomic mass is 10.1. The molecule has 1 aromatic heterocycles. The molecule has 0 N–H and O–H groups in total. The van der Waals surface area contributed by atoms with Crippen molar-refractivity contribution >= 4 is 11.8 Å². The molecule has 0 aliphatic carbocycles. The first-order valence-corrected chi connectivity index (χ1v) is 10.8. The van der Waals surface area contributed by atoms with Crippen molar-refractivity contribution in [3.05, 3.63) is 47.9 Å². The van der Waals surface area contributed by atoms with Gasteiger partial charge < -0.3 is 23.7 Å². The molecule has 3 rings (SSSR count). The number of amides is 2. The van der Waals surface area contributed by atoms with Crippen molar-refractivity contribution in [2.75, 3.05) is 19.9 Å². The SMILES string of the molecule is CC(C)CC(=O)N(CC(=O)N(Cc1ccc2c(c1)OCO2)Cc1ccco1)CC(C)C. The highest BCUT2D eigenvalue weighted by molar-refractivity contribution is 5.85. The van der Waals surface area contributed by atoms with Crippen LogP contribution in [0.4, 0.5) is 0 Å². The molecule has 1 aliphatic rings. The minimum Gasteiger partial charge on any atom is -0.467 e. The summed E-state index contributed by atoms with van der Waals surface area (Å²) < 4.78 is 16.3. The fourth-order valence-electron chi connectivity index (χ4n) is 3.52. The van der Waals surface area contributed by atoms with Crippen LogP contribution in [0.2, 0.25) is 0 Å². The predicted molar refractivity (Wildman–Crippen MR) is 116 cm³/mol. The van der Waals surface area contributed by atoms with Gasteiger partial charge in [0.25, 0.3) is 0 Å². The maximum absolute atomic E-state index is 13.3. The Morgan fingerprint density at radius 3 is 2.39 bits per heavy atom. The second kappa shape index (κ2) is 10.4. The second-order valence-electron chi connectivity index (χ2n) is 8.78. The number of ether oxygens (including phenoxy) is 2. The van der Waals surface area contributed by atoms with Crippen LogP contribution in [-0.2, 0) is 22.7 Å². The lowest BCUT2D eigenvalue weighted by Gasteiger charge is -2.29. The highest BCUT2D eigenvalue weighted by atomic mass is 16.7. The predicted octanol–water partition coefficient (Wildman–Crippen LogP) is 4.07. The fourth-order valence-corrected chi connectivity index (χ4v) is 3.52. The minimum absolute atomic E-state index is 0.0121. The van der Waals surface area contributed by atoms with Crippen LogP contribution in [0.15, 0.2) is 41.0 Å². The van der Waals surface area contributed by atoms with Crippen LogP contribution >= 0.6 is 0 Å². The van der Waals surface area contributed by atoms with Crippen molar-refractivity contribution in [3.63, 3.8) is 0 Å². The smallest absolute Gasteiger partial charge is 0.242 e. The van der Waals surface area contributed by atoms with Gasteiger partial charge >= 0.3 is 0 Å². The number of furan rings is 1. The van der Waals surface area contributed by atoms with Crippen LogP contribution in [0.3, 0.4) is 0 Å². The summed E-state index contributed by atoms with van der Waals surface area (Å²) in [5.41, 5.74) is 0.924. The number of hydrogen-bond acceptors (Lipinski definition) is 5. The van der Waals surface area contributed by atoms with Gasteiger partial charge in [0.05, 0.1) is 19.4 Å². The number of hydrogen-bond donors (Lipinski definition) is 0. The van der Waals surface area contributed by atoms with Gasteiger partial charge in [0.15, 0.2) is 11.5 Å². The molecule has 2 amide bonds. The number of benzene rings is 1. The van der Waals surface area contributed by atoms with E-state index in [1.807, 2.05) is 52.0 Å². The molecule has 7 nitrogen and oxygen atoms in total. The molecule has 168 valence electrons. The average molecular weight is 429 g/mol. The third-order valence-corrected chi connectivity index (χ3v) is 4.94. The van der Waals surface area contributed by atoms with Gasteiger partial charge in [-0.3, -0.25) is 9.59 Å². The molecular weight excluding hydrogens is 396 g/mol. The zero-order valence-corrected chi connectivity index (χ0v) is 18.8. The summed E-state index contributed by atoms with van der Waals surface area (Å²) in [5.74, 6) is 2.48. The standard InChI is InChI=1S/C24H32N2O5/c1-17(2)10-23(27)25(12-18(3)4)15-24(28)26(14-20-6-5-9-29-20)13-19-7-8-21-22(11-19)31-16-30-21/h5-9,11,17-18H,10,12-16H2,1-4H3. The summed E-state index contributed by atoms with van der Waals surface area (Å²) in [7, 11) is 0. The fraction of sp³-hybridized carbons (Fsp3) is 0.500. The van der Waals surface area contributed by atoms with Crippen LogP contribution in [0.1, 0.15) is 45.4 Å². The van der Waals surface area contributed by atoms with Gasteiger partial charge in [-0.25, -0.2) is 0 Å². The second-order valence-corrected chi connectivity index (χ2v) is 8.78. The number of rotatable bonds is 10. The number of fused-ring (bicyclic) bond motifs is 1. The maximum atomic E-state index is 13.3. The van der Waals surface area contributed by atoms with Crippen molar-refractivity contribution in [2.24, 2.45) is 11.8 Å². The van der Waals surface area contributed by atoms with E-state index in [1.165, 1.54) is 0 Å². The van der Waals surface area contributed by atoms with Crippen LogP contribution < -0.4 is 9.47 Å². The third-order valence-electron chi connectivity index (χ3n) is 4.94. The summed E-state index contributed by atoms with van der Waals surface area (Å²) >= 11 is 0. The molecule has 2 aromatic rings. The normalized spacial score (nSPS) is 12.5. The zero-order chi connectivity index (χ0) is 22.4. The molecule has 1 aromatic carbocycles. The Morgan fingerprint density at radius 2 is 1.71 bits per heavy atom. The Labute approximate surface area is 183 Å². The maximum Gasteiger partial charge on any atom is 0.242 e. The minimum atomic E-state index is -0.119. The Morgan fingerprint density at radius 1 is 0.935 bits per heavy atom. The molecule has 2 heterocycles. The first-order chi connectivity index (χ1) is 14.8. The number of carbonyl (C=O) groups is 2. The highest BCUT2D eigenvalue weighted by Gasteiger charge is 2.24. The summed E-state index contributed by atoms with van der Waals surface area (Å²) in [6, 6.07) is 9.31. The van der Waals surface area contributed by atoms with Crippen LogP contribution in [0.25, 0.3) is 0 Å². The van der Waals surface area contributed by atoms with Gasteiger partial charge in [0, 0.05) is 19.5 Å².